The minimum absolute atomic E-state index is 0.0831. The summed E-state index contributed by atoms with van der Waals surface area (Å²) in [4.78, 5) is 12.2. The van der Waals surface area contributed by atoms with Crippen molar-refractivity contribution in [2.45, 2.75) is 13.0 Å². The molecule has 22 heavy (non-hydrogen) atoms. The van der Waals surface area contributed by atoms with Gasteiger partial charge in [0.25, 0.3) is 5.91 Å². The summed E-state index contributed by atoms with van der Waals surface area (Å²) in [7, 11) is 0. The largest absolute Gasteiger partial charge is 0.493 e. The number of carbonyl (C=O) groups excluding carboxylic acids is 1. The fraction of sp³-hybridized carbons (Fsp3) is 0.235. The number of para-hydroxylation sites is 1. The predicted octanol–water partition coefficient (Wildman–Crippen LogP) is 2.69. The average Bonchev–Trinajstić information content (AvgIpc) is 2.53. The Labute approximate surface area is 128 Å². The highest BCUT2D eigenvalue weighted by atomic mass is 19.1. The average molecular weight is 303 g/mol. The molecule has 2 aromatic carbocycles. The van der Waals surface area contributed by atoms with Crippen molar-refractivity contribution < 1.29 is 19.0 Å². The molecule has 2 rings (SSSR count). The molecular weight excluding hydrogens is 285 g/mol. The molecule has 116 valence electrons. The number of hydrogen-bond donors (Lipinski definition) is 2. The van der Waals surface area contributed by atoms with E-state index in [9.17, 15) is 14.3 Å². The van der Waals surface area contributed by atoms with Gasteiger partial charge >= 0.3 is 0 Å². The first-order valence-electron chi connectivity index (χ1n) is 7.06. The molecule has 0 aliphatic rings. The molecule has 0 radical (unpaired) electrons. The number of aliphatic hydroxyl groups is 1. The Morgan fingerprint density at radius 3 is 2.64 bits per heavy atom. The molecule has 0 bridgehead atoms. The second-order valence-electron chi connectivity index (χ2n) is 4.68. The third-order valence-corrected chi connectivity index (χ3v) is 3.15. The molecule has 0 aliphatic carbocycles. The van der Waals surface area contributed by atoms with Crippen LogP contribution in [0.4, 0.5) is 4.39 Å². The number of hydrogen-bond acceptors (Lipinski definition) is 3. The van der Waals surface area contributed by atoms with Crippen LogP contribution in [-0.2, 0) is 0 Å². The van der Waals surface area contributed by atoms with E-state index in [1.54, 1.807) is 36.4 Å². The fourth-order valence-electron chi connectivity index (χ4n) is 2.08. The highest BCUT2D eigenvalue weighted by Crippen LogP contribution is 2.19. The zero-order valence-electron chi connectivity index (χ0n) is 12.3. The second kappa shape index (κ2) is 7.56. The van der Waals surface area contributed by atoms with Crippen LogP contribution in [0.1, 0.15) is 28.9 Å². The molecule has 1 atom stereocenters. The first kappa shape index (κ1) is 16.0. The Morgan fingerprint density at radius 1 is 1.23 bits per heavy atom. The maximum Gasteiger partial charge on any atom is 0.255 e. The highest BCUT2D eigenvalue weighted by molar-refractivity contribution is 5.96. The lowest BCUT2D eigenvalue weighted by atomic mass is 10.1. The predicted molar refractivity (Wildman–Crippen MR) is 81.3 cm³/mol. The summed E-state index contributed by atoms with van der Waals surface area (Å²) in [5.41, 5.74) is 0.533. The van der Waals surface area contributed by atoms with E-state index in [2.05, 4.69) is 5.32 Å². The number of aliphatic hydroxyl groups excluding tert-OH is 1. The van der Waals surface area contributed by atoms with Gasteiger partial charge in [-0.05, 0) is 25.1 Å². The first-order valence-corrected chi connectivity index (χ1v) is 7.06. The van der Waals surface area contributed by atoms with E-state index in [0.717, 1.165) is 0 Å². The summed E-state index contributed by atoms with van der Waals surface area (Å²) in [6.45, 7) is 2.19. The number of halogens is 1. The van der Waals surface area contributed by atoms with Crippen LogP contribution in [0.2, 0.25) is 0 Å². The number of rotatable bonds is 6. The van der Waals surface area contributed by atoms with Gasteiger partial charge in [-0.3, -0.25) is 4.79 Å². The number of amides is 1. The second-order valence-corrected chi connectivity index (χ2v) is 4.68. The first-order chi connectivity index (χ1) is 10.6. The monoisotopic (exact) mass is 303 g/mol. The van der Waals surface area contributed by atoms with E-state index >= 15 is 0 Å². The number of nitrogens with one attached hydrogen (secondary N) is 1. The van der Waals surface area contributed by atoms with Gasteiger partial charge < -0.3 is 15.2 Å². The smallest absolute Gasteiger partial charge is 0.255 e. The van der Waals surface area contributed by atoms with Crippen LogP contribution in [0.25, 0.3) is 0 Å². The minimum atomic E-state index is -1.11. The van der Waals surface area contributed by atoms with E-state index in [-0.39, 0.29) is 18.0 Å². The van der Waals surface area contributed by atoms with Crippen molar-refractivity contribution in [1.82, 2.24) is 5.32 Å². The van der Waals surface area contributed by atoms with Crippen molar-refractivity contribution >= 4 is 5.91 Å². The number of benzene rings is 2. The molecule has 0 saturated carbocycles. The highest BCUT2D eigenvalue weighted by Gasteiger charge is 2.16. The van der Waals surface area contributed by atoms with Crippen molar-refractivity contribution in [1.29, 1.82) is 0 Å². The molecular formula is C17H18FNO3. The van der Waals surface area contributed by atoms with Gasteiger partial charge in [-0.15, -0.1) is 0 Å². The van der Waals surface area contributed by atoms with Crippen molar-refractivity contribution in [3.05, 3.63) is 65.5 Å². The lowest BCUT2D eigenvalue weighted by Gasteiger charge is -2.14. The Hall–Kier alpha value is -2.40. The summed E-state index contributed by atoms with van der Waals surface area (Å²) < 4.78 is 18.9. The summed E-state index contributed by atoms with van der Waals surface area (Å²) in [5, 5.41) is 12.6. The Morgan fingerprint density at radius 2 is 1.91 bits per heavy atom. The summed E-state index contributed by atoms with van der Waals surface area (Å²) in [5.74, 6) is -0.402. The molecule has 0 spiro atoms. The fourth-order valence-corrected chi connectivity index (χ4v) is 2.08. The molecule has 5 heteroatoms. The number of carbonyl (C=O) groups is 1. The van der Waals surface area contributed by atoms with Crippen LogP contribution in [0.5, 0.6) is 5.75 Å². The maximum atomic E-state index is 13.6. The standard InChI is InChI=1S/C17H18FNO3/c1-2-22-16-10-6-4-8-13(16)17(21)19-11-15(20)12-7-3-5-9-14(12)18/h3-10,15,20H,2,11H2,1H3,(H,19,21)/t15-/m0/s1. The molecule has 4 nitrogen and oxygen atoms in total. The van der Waals surface area contributed by atoms with Gasteiger partial charge in [0.15, 0.2) is 0 Å². The molecule has 2 aromatic rings. The van der Waals surface area contributed by atoms with Crippen molar-refractivity contribution in [2.75, 3.05) is 13.2 Å². The Balaban J connectivity index is 2.03. The van der Waals surface area contributed by atoms with Crippen LogP contribution in [0.3, 0.4) is 0 Å². The van der Waals surface area contributed by atoms with E-state index in [1.165, 1.54) is 12.1 Å². The van der Waals surface area contributed by atoms with Crippen molar-refractivity contribution in [2.24, 2.45) is 0 Å². The molecule has 0 unspecified atom stereocenters. The zero-order valence-corrected chi connectivity index (χ0v) is 12.3. The van der Waals surface area contributed by atoms with Gasteiger partial charge in [-0.25, -0.2) is 4.39 Å². The summed E-state index contributed by atoms with van der Waals surface area (Å²) >= 11 is 0. The lowest BCUT2D eigenvalue weighted by molar-refractivity contribution is 0.0910. The van der Waals surface area contributed by atoms with E-state index in [0.29, 0.717) is 17.9 Å². The third kappa shape index (κ3) is 3.83. The van der Waals surface area contributed by atoms with E-state index in [1.807, 2.05) is 6.92 Å². The van der Waals surface area contributed by atoms with Gasteiger partial charge in [0, 0.05) is 12.1 Å². The molecule has 0 fully saturated rings. The Kier molecular flexibility index (Phi) is 5.49. The lowest BCUT2D eigenvalue weighted by Crippen LogP contribution is -2.29. The van der Waals surface area contributed by atoms with Crippen molar-refractivity contribution in [3.8, 4) is 5.75 Å². The molecule has 0 aromatic heterocycles. The van der Waals surface area contributed by atoms with Crippen LogP contribution in [0, 0.1) is 5.82 Å². The summed E-state index contributed by atoms with van der Waals surface area (Å²) in [6.07, 6.45) is -1.11. The molecule has 0 saturated heterocycles. The summed E-state index contributed by atoms with van der Waals surface area (Å²) in [6, 6.07) is 12.8. The molecule has 2 N–H and O–H groups in total. The quantitative estimate of drug-likeness (QED) is 0.862. The van der Waals surface area contributed by atoms with Crippen LogP contribution in [-0.4, -0.2) is 24.2 Å². The topological polar surface area (TPSA) is 58.6 Å². The van der Waals surface area contributed by atoms with Gasteiger partial charge in [-0.1, -0.05) is 30.3 Å². The van der Waals surface area contributed by atoms with E-state index < -0.39 is 11.9 Å². The van der Waals surface area contributed by atoms with E-state index in [4.69, 9.17) is 4.74 Å². The van der Waals surface area contributed by atoms with Crippen LogP contribution < -0.4 is 10.1 Å². The molecule has 0 heterocycles. The SMILES string of the molecule is CCOc1ccccc1C(=O)NC[C@H](O)c1ccccc1F. The normalized spacial score (nSPS) is 11.8. The van der Waals surface area contributed by atoms with Crippen LogP contribution >= 0.6 is 0 Å². The third-order valence-electron chi connectivity index (χ3n) is 3.15. The number of ether oxygens (including phenoxy) is 1. The Bertz CT molecular complexity index is 645. The van der Waals surface area contributed by atoms with Crippen LogP contribution in [0.15, 0.2) is 48.5 Å². The van der Waals surface area contributed by atoms with Gasteiger partial charge in [0.1, 0.15) is 11.6 Å². The molecule has 0 aliphatic heterocycles. The zero-order chi connectivity index (χ0) is 15.9. The van der Waals surface area contributed by atoms with Gasteiger partial charge in [0.05, 0.1) is 18.3 Å². The maximum absolute atomic E-state index is 13.6. The molecule has 1 amide bonds. The minimum Gasteiger partial charge on any atom is -0.493 e. The van der Waals surface area contributed by atoms with Gasteiger partial charge in [-0.2, -0.15) is 0 Å². The van der Waals surface area contributed by atoms with Crippen molar-refractivity contribution in [3.63, 3.8) is 0 Å². The van der Waals surface area contributed by atoms with Gasteiger partial charge in [0.2, 0.25) is 0 Å².